The topological polar surface area (TPSA) is 9.86 Å². The van der Waals surface area contributed by atoms with Crippen molar-refractivity contribution >= 4 is 86.7 Å². The zero-order chi connectivity index (χ0) is 33.6. The molecule has 51 heavy (non-hydrogen) atoms. The van der Waals surface area contributed by atoms with Gasteiger partial charge in [0.15, 0.2) is 0 Å². The number of para-hydroxylation sites is 2. The summed E-state index contributed by atoms with van der Waals surface area (Å²) in [7, 11) is 0. The van der Waals surface area contributed by atoms with E-state index in [0.29, 0.717) is 0 Å². The van der Waals surface area contributed by atoms with Gasteiger partial charge in [0.05, 0.1) is 22.1 Å². The van der Waals surface area contributed by atoms with Crippen LogP contribution in [0.3, 0.4) is 0 Å². The average molecular weight is 649 g/mol. The third-order valence-electron chi connectivity index (χ3n) is 10.8. The van der Waals surface area contributed by atoms with E-state index in [1.807, 2.05) is 0 Å². The number of nitrogens with zero attached hydrogens (tertiary/aromatic N) is 2. The Morgan fingerprint density at radius 1 is 0.275 bits per heavy atom. The molecule has 11 aromatic rings. The number of fused-ring (bicyclic) bond motifs is 12. The standard InChI is InChI=1S/C49H32N2/c1-31-23-38-26-39(24-31)37-18-22-49-45(30-37)43-28-35(16-20-47(43)51(49)41-13-6-3-7-14-41)33-10-8-9-32(25-33)34-15-19-46-42(27-34)44-29-36(38)17-21-48(44)50(46)40-11-4-2-5-12-40/h2-30H,1H3. The molecule has 12 bridgehead atoms. The van der Waals surface area contributed by atoms with Gasteiger partial charge in [0.1, 0.15) is 0 Å². The van der Waals surface area contributed by atoms with Crippen molar-refractivity contribution in [2.45, 2.75) is 6.92 Å². The van der Waals surface area contributed by atoms with Gasteiger partial charge in [-0.05, 0) is 141 Å². The maximum atomic E-state index is 2.40. The summed E-state index contributed by atoms with van der Waals surface area (Å²) < 4.78 is 4.81. The van der Waals surface area contributed by atoms with Gasteiger partial charge in [0.2, 0.25) is 0 Å². The van der Waals surface area contributed by atoms with Crippen molar-refractivity contribution in [3.05, 3.63) is 181 Å². The van der Waals surface area contributed by atoms with Crippen molar-refractivity contribution in [3.8, 4) is 11.4 Å². The second-order valence-electron chi connectivity index (χ2n) is 13.9. The van der Waals surface area contributed by atoms with Gasteiger partial charge in [-0.15, -0.1) is 0 Å². The smallest absolute Gasteiger partial charge is 0.0541 e. The first-order chi connectivity index (χ1) is 25.2. The molecule has 0 unspecified atom stereocenters. The molecule has 2 nitrogen and oxygen atoms in total. The first-order valence-corrected chi connectivity index (χ1v) is 17.7. The minimum atomic E-state index is 1.17. The van der Waals surface area contributed by atoms with E-state index in [9.17, 15) is 0 Å². The van der Waals surface area contributed by atoms with Crippen molar-refractivity contribution in [2.24, 2.45) is 0 Å². The molecule has 0 amide bonds. The first-order valence-electron chi connectivity index (χ1n) is 17.7. The first kappa shape index (κ1) is 28.2. The summed E-state index contributed by atoms with van der Waals surface area (Å²) >= 11 is 0. The lowest BCUT2D eigenvalue weighted by Crippen LogP contribution is -1.92. The highest BCUT2D eigenvalue weighted by Crippen LogP contribution is 2.38. The van der Waals surface area contributed by atoms with Crippen LogP contribution in [0.15, 0.2) is 176 Å². The minimum Gasteiger partial charge on any atom is -0.309 e. The van der Waals surface area contributed by atoms with Crippen LogP contribution in [0.5, 0.6) is 0 Å². The normalized spacial score (nSPS) is 12.0. The SMILES string of the molecule is Cc1cc2cc(c1)c1ccc3c(c1)c1cc(ccc1n3-c1ccccc1)c1cccc(c1)c1ccc3c(c1)c1cc2ccc1n3-c1ccccc1. The lowest BCUT2D eigenvalue weighted by Gasteiger charge is -2.08. The van der Waals surface area contributed by atoms with E-state index in [-0.39, 0.29) is 0 Å². The molecular formula is C49H32N2. The Hall–Kier alpha value is -6.64. The largest absolute Gasteiger partial charge is 0.309 e. The van der Waals surface area contributed by atoms with Gasteiger partial charge in [-0.3, -0.25) is 0 Å². The Kier molecular flexibility index (Phi) is 5.91. The molecule has 2 heteroatoms. The predicted molar refractivity (Wildman–Crippen MR) is 219 cm³/mol. The molecule has 0 fully saturated rings. The monoisotopic (exact) mass is 648 g/mol. The second-order valence-corrected chi connectivity index (χ2v) is 13.9. The summed E-state index contributed by atoms with van der Waals surface area (Å²) in [6.45, 7) is 2.21. The maximum absolute atomic E-state index is 2.40. The van der Waals surface area contributed by atoms with Crippen molar-refractivity contribution in [1.29, 1.82) is 0 Å². The third-order valence-corrected chi connectivity index (χ3v) is 10.8. The fourth-order valence-corrected chi connectivity index (χ4v) is 8.47. The van der Waals surface area contributed by atoms with Crippen LogP contribution in [0.2, 0.25) is 0 Å². The zero-order valence-corrected chi connectivity index (χ0v) is 28.1. The highest BCUT2D eigenvalue weighted by Gasteiger charge is 2.15. The molecule has 2 heterocycles. The Morgan fingerprint density at radius 2 is 0.608 bits per heavy atom. The van der Waals surface area contributed by atoms with Crippen LogP contribution in [-0.4, -0.2) is 9.13 Å². The van der Waals surface area contributed by atoms with E-state index in [4.69, 9.17) is 0 Å². The second kappa shape index (κ2) is 10.7. The average Bonchev–Trinajstić information content (AvgIpc) is 3.69. The molecule has 0 aliphatic heterocycles. The molecular weight excluding hydrogens is 617 g/mol. The molecule has 0 aliphatic carbocycles. The number of aryl methyl sites for hydroxylation is 1. The Labute approximate surface area is 294 Å². The van der Waals surface area contributed by atoms with Crippen LogP contribution in [-0.2, 0) is 0 Å². The highest BCUT2D eigenvalue weighted by atomic mass is 15.0. The number of rotatable bonds is 2. The summed E-state index contributed by atoms with van der Waals surface area (Å²) in [4.78, 5) is 0. The highest BCUT2D eigenvalue weighted by molar-refractivity contribution is 6.16. The number of benzene rings is 8. The van der Waals surface area contributed by atoms with Gasteiger partial charge >= 0.3 is 0 Å². The van der Waals surface area contributed by atoms with Gasteiger partial charge in [-0.25, -0.2) is 0 Å². The van der Waals surface area contributed by atoms with Crippen LogP contribution in [0.4, 0.5) is 0 Å². The molecule has 0 atom stereocenters. The van der Waals surface area contributed by atoms with E-state index in [1.165, 1.54) is 104 Å². The fourth-order valence-electron chi connectivity index (χ4n) is 8.47. The van der Waals surface area contributed by atoms with Crippen LogP contribution >= 0.6 is 0 Å². The zero-order valence-electron chi connectivity index (χ0n) is 28.1. The Balaban J connectivity index is 1.34. The summed E-state index contributed by atoms with van der Waals surface area (Å²) in [5, 5.41) is 14.8. The maximum Gasteiger partial charge on any atom is 0.0541 e. The van der Waals surface area contributed by atoms with Crippen molar-refractivity contribution < 1.29 is 0 Å². The quantitative estimate of drug-likeness (QED) is 0.177. The number of hydrogen-bond acceptors (Lipinski definition) is 0. The van der Waals surface area contributed by atoms with Crippen molar-refractivity contribution in [1.82, 2.24) is 9.13 Å². The van der Waals surface area contributed by atoms with Crippen LogP contribution < -0.4 is 0 Å². The van der Waals surface area contributed by atoms with E-state index in [0.717, 1.165) is 0 Å². The summed E-state index contributed by atoms with van der Waals surface area (Å²) in [5.41, 5.74) is 8.43. The lowest BCUT2D eigenvalue weighted by atomic mass is 10.0. The molecule has 0 spiro atoms. The van der Waals surface area contributed by atoms with Gasteiger partial charge < -0.3 is 9.13 Å². The molecule has 9 aromatic carbocycles. The van der Waals surface area contributed by atoms with E-state index >= 15 is 0 Å². The number of aromatic nitrogens is 2. The lowest BCUT2D eigenvalue weighted by molar-refractivity contribution is 1.18. The van der Waals surface area contributed by atoms with Crippen molar-refractivity contribution in [2.75, 3.05) is 0 Å². The summed E-state index contributed by atoms with van der Waals surface area (Å²) in [6, 6.07) is 65.4. The molecule has 11 rings (SSSR count). The molecule has 0 saturated heterocycles. The van der Waals surface area contributed by atoms with Gasteiger partial charge in [-0.1, -0.05) is 91.0 Å². The molecule has 0 aliphatic rings. The van der Waals surface area contributed by atoms with E-state index in [2.05, 4.69) is 192 Å². The molecule has 0 saturated carbocycles. The van der Waals surface area contributed by atoms with Crippen molar-refractivity contribution in [3.63, 3.8) is 0 Å². The summed E-state index contributed by atoms with van der Waals surface area (Å²) in [5.74, 6) is 0. The molecule has 238 valence electrons. The number of hydrogen-bond donors (Lipinski definition) is 0. The van der Waals surface area contributed by atoms with Gasteiger partial charge in [0, 0.05) is 32.9 Å². The summed E-state index contributed by atoms with van der Waals surface area (Å²) in [6.07, 6.45) is 0. The Morgan fingerprint density at radius 3 is 1.00 bits per heavy atom. The predicted octanol–water partition coefficient (Wildman–Crippen LogP) is 13.4. The molecule has 0 radical (unpaired) electrons. The van der Waals surface area contributed by atoms with Gasteiger partial charge in [-0.2, -0.15) is 0 Å². The van der Waals surface area contributed by atoms with Gasteiger partial charge in [0.25, 0.3) is 0 Å². The molecule has 0 N–H and O–H groups in total. The molecule has 2 aromatic heterocycles. The van der Waals surface area contributed by atoms with Crippen LogP contribution in [0, 0.1) is 6.92 Å². The Bertz CT molecular complexity index is 3020. The van der Waals surface area contributed by atoms with E-state index in [1.54, 1.807) is 0 Å². The van der Waals surface area contributed by atoms with Crippen LogP contribution in [0.1, 0.15) is 5.56 Å². The van der Waals surface area contributed by atoms with E-state index < -0.39 is 0 Å². The third kappa shape index (κ3) is 4.30. The fraction of sp³-hybridized carbons (Fsp3) is 0.0204. The van der Waals surface area contributed by atoms with Crippen LogP contribution in [0.25, 0.3) is 98.1 Å². The minimum absolute atomic E-state index is 1.17.